The van der Waals surface area contributed by atoms with Crippen molar-refractivity contribution in [2.75, 3.05) is 0 Å². The van der Waals surface area contributed by atoms with Crippen molar-refractivity contribution in [3.63, 3.8) is 0 Å². The molecule has 0 amide bonds. The lowest BCUT2D eigenvalue weighted by Crippen LogP contribution is -2.38. The Kier molecular flexibility index (Phi) is 5.85. The van der Waals surface area contributed by atoms with E-state index in [-0.39, 0.29) is 11.9 Å². The van der Waals surface area contributed by atoms with E-state index in [0.717, 1.165) is 5.56 Å². The largest absolute Gasteiger partial charge is 0.271 e. The third kappa shape index (κ3) is 4.56. The molecule has 0 aliphatic heterocycles. The first-order valence-electron chi connectivity index (χ1n) is 6.33. The molecule has 1 unspecified atom stereocenters. The standard InChI is InChI=1S/C15H14Cl3FN2/c16-11-3-4-15(19)10(5-11)7-13(21-20)6-9-1-2-12(17)8-14(9)18/h1-5,8,13,21H,6-7,20H2. The van der Waals surface area contributed by atoms with Gasteiger partial charge in [-0.15, -0.1) is 0 Å². The summed E-state index contributed by atoms with van der Waals surface area (Å²) in [4.78, 5) is 0. The second-order valence-electron chi connectivity index (χ2n) is 4.74. The minimum atomic E-state index is -0.304. The van der Waals surface area contributed by atoms with Crippen LogP contribution in [0.25, 0.3) is 0 Å². The van der Waals surface area contributed by atoms with Crippen LogP contribution in [-0.4, -0.2) is 6.04 Å². The zero-order chi connectivity index (χ0) is 15.4. The van der Waals surface area contributed by atoms with Crippen LogP contribution in [0.1, 0.15) is 11.1 Å². The number of rotatable bonds is 5. The highest BCUT2D eigenvalue weighted by molar-refractivity contribution is 6.35. The summed E-state index contributed by atoms with van der Waals surface area (Å²) in [7, 11) is 0. The molecule has 0 aromatic heterocycles. The van der Waals surface area contributed by atoms with Gasteiger partial charge in [0.2, 0.25) is 0 Å². The van der Waals surface area contributed by atoms with Gasteiger partial charge in [0.1, 0.15) is 5.82 Å². The highest BCUT2D eigenvalue weighted by Crippen LogP contribution is 2.23. The molecule has 2 nitrogen and oxygen atoms in total. The van der Waals surface area contributed by atoms with Crippen LogP contribution in [0.5, 0.6) is 0 Å². The van der Waals surface area contributed by atoms with Crippen LogP contribution >= 0.6 is 34.8 Å². The maximum absolute atomic E-state index is 13.8. The second kappa shape index (κ2) is 7.43. The molecule has 2 aromatic carbocycles. The topological polar surface area (TPSA) is 38.0 Å². The summed E-state index contributed by atoms with van der Waals surface area (Å²) in [5.74, 6) is 5.26. The van der Waals surface area contributed by atoms with E-state index >= 15 is 0 Å². The lowest BCUT2D eigenvalue weighted by molar-refractivity contribution is 0.506. The number of hydrogen-bond acceptors (Lipinski definition) is 2. The van der Waals surface area contributed by atoms with Gasteiger partial charge in [-0.3, -0.25) is 11.3 Å². The molecule has 2 rings (SSSR count). The van der Waals surface area contributed by atoms with Gasteiger partial charge in [-0.05, 0) is 54.3 Å². The van der Waals surface area contributed by atoms with Gasteiger partial charge in [-0.25, -0.2) is 4.39 Å². The van der Waals surface area contributed by atoms with Crippen molar-refractivity contribution in [3.05, 3.63) is 68.4 Å². The average molecular weight is 348 g/mol. The Hall–Kier alpha value is -0.840. The Morgan fingerprint density at radius 2 is 1.57 bits per heavy atom. The van der Waals surface area contributed by atoms with Crippen molar-refractivity contribution in [3.8, 4) is 0 Å². The molecule has 21 heavy (non-hydrogen) atoms. The van der Waals surface area contributed by atoms with Gasteiger partial charge in [0.15, 0.2) is 0 Å². The van der Waals surface area contributed by atoms with Crippen molar-refractivity contribution in [2.24, 2.45) is 5.84 Å². The van der Waals surface area contributed by atoms with E-state index in [1.165, 1.54) is 12.1 Å². The Morgan fingerprint density at radius 3 is 2.24 bits per heavy atom. The van der Waals surface area contributed by atoms with E-state index in [0.29, 0.717) is 33.5 Å². The first kappa shape index (κ1) is 16.5. The normalized spacial score (nSPS) is 12.4. The molecule has 3 N–H and O–H groups in total. The fraction of sp³-hybridized carbons (Fsp3) is 0.200. The third-order valence-corrected chi connectivity index (χ3v) is 4.01. The maximum Gasteiger partial charge on any atom is 0.126 e. The Labute approximate surface area is 138 Å². The molecule has 0 aliphatic rings. The molecule has 0 saturated carbocycles. The smallest absolute Gasteiger partial charge is 0.126 e. The molecule has 0 radical (unpaired) electrons. The lowest BCUT2D eigenvalue weighted by Gasteiger charge is -2.17. The van der Waals surface area contributed by atoms with Gasteiger partial charge >= 0.3 is 0 Å². The van der Waals surface area contributed by atoms with Gasteiger partial charge in [0, 0.05) is 21.1 Å². The van der Waals surface area contributed by atoms with Crippen molar-refractivity contribution in [2.45, 2.75) is 18.9 Å². The molecule has 112 valence electrons. The molecule has 0 saturated heterocycles. The Bertz CT molecular complexity index is 634. The van der Waals surface area contributed by atoms with Gasteiger partial charge in [0.25, 0.3) is 0 Å². The summed E-state index contributed by atoms with van der Waals surface area (Å²) in [5.41, 5.74) is 4.09. The van der Waals surface area contributed by atoms with Crippen LogP contribution in [0.15, 0.2) is 36.4 Å². The van der Waals surface area contributed by atoms with E-state index in [1.807, 2.05) is 6.07 Å². The SMILES string of the molecule is NNC(Cc1cc(Cl)ccc1F)Cc1ccc(Cl)cc1Cl. The molecular formula is C15H14Cl3FN2. The molecule has 0 bridgehead atoms. The monoisotopic (exact) mass is 346 g/mol. The lowest BCUT2D eigenvalue weighted by atomic mass is 9.99. The zero-order valence-electron chi connectivity index (χ0n) is 11.0. The summed E-state index contributed by atoms with van der Waals surface area (Å²) in [6.07, 6.45) is 0.959. The summed E-state index contributed by atoms with van der Waals surface area (Å²) in [5, 5.41) is 1.63. The Morgan fingerprint density at radius 1 is 0.952 bits per heavy atom. The molecule has 0 fully saturated rings. The third-order valence-electron chi connectivity index (χ3n) is 3.19. The van der Waals surface area contributed by atoms with Crippen molar-refractivity contribution < 1.29 is 4.39 Å². The van der Waals surface area contributed by atoms with Gasteiger partial charge in [0.05, 0.1) is 0 Å². The van der Waals surface area contributed by atoms with Crippen molar-refractivity contribution in [1.29, 1.82) is 0 Å². The molecule has 2 aromatic rings. The fourth-order valence-electron chi connectivity index (χ4n) is 2.11. The van der Waals surface area contributed by atoms with E-state index < -0.39 is 0 Å². The second-order valence-corrected chi connectivity index (χ2v) is 6.02. The molecular weight excluding hydrogens is 334 g/mol. The van der Waals surface area contributed by atoms with E-state index in [1.54, 1.807) is 18.2 Å². The quantitative estimate of drug-likeness (QED) is 0.621. The summed E-state index contributed by atoms with van der Waals surface area (Å²) in [6, 6.07) is 9.56. The molecule has 0 heterocycles. The number of hydrazine groups is 1. The predicted octanol–water partition coefficient (Wildman–Crippen LogP) is 4.40. The predicted molar refractivity (Wildman–Crippen MR) is 86.4 cm³/mol. The highest BCUT2D eigenvalue weighted by Gasteiger charge is 2.14. The van der Waals surface area contributed by atoms with E-state index in [2.05, 4.69) is 5.43 Å². The zero-order valence-corrected chi connectivity index (χ0v) is 13.3. The van der Waals surface area contributed by atoms with Crippen LogP contribution in [-0.2, 0) is 12.8 Å². The van der Waals surface area contributed by atoms with Gasteiger partial charge in [-0.2, -0.15) is 0 Å². The van der Waals surface area contributed by atoms with E-state index in [4.69, 9.17) is 40.6 Å². The maximum atomic E-state index is 13.8. The van der Waals surface area contributed by atoms with Gasteiger partial charge in [-0.1, -0.05) is 40.9 Å². The highest BCUT2D eigenvalue weighted by atomic mass is 35.5. The number of halogens is 4. The van der Waals surface area contributed by atoms with Crippen molar-refractivity contribution >= 4 is 34.8 Å². The minimum Gasteiger partial charge on any atom is -0.271 e. The average Bonchev–Trinajstić information content (AvgIpc) is 2.44. The number of nitrogens with one attached hydrogen (secondary N) is 1. The number of hydrogen-bond donors (Lipinski definition) is 2. The van der Waals surface area contributed by atoms with Crippen LogP contribution in [0.2, 0.25) is 15.1 Å². The number of nitrogens with two attached hydrogens (primary N) is 1. The van der Waals surface area contributed by atoms with E-state index in [9.17, 15) is 4.39 Å². The molecule has 6 heteroatoms. The summed E-state index contributed by atoms with van der Waals surface area (Å²) < 4.78 is 13.8. The minimum absolute atomic E-state index is 0.170. The first-order valence-corrected chi connectivity index (χ1v) is 7.47. The number of benzene rings is 2. The molecule has 1 atom stereocenters. The Balaban J connectivity index is 2.14. The summed E-state index contributed by atoms with van der Waals surface area (Å²) in [6.45, 7) is 0. The first-order chi connectivity index (χ1) is 9.99. The fourth-order valence-corrected chi connectivity index (χ4v) is 2.79. The van der Waals surface area contributed by atoms with Crippen LogP contribution in [0.4, 0.5) is 4.39 Å². The van der Waals surface area contributed by atoms with Crippen LogP contribution in [0.3, 0.4) is 0 Å². The molecule has 0 aliphatic carbocycles. The molecule has 0 spiro atoms. The van der Waals surface area contributed by atoms with Crippen LogP contribution < -0.4 is 11.3 Å². The van der Waals surface area contributed by atoms with Gasteiger partial charge < -0.3 is 0 Å². The van der Waals surface area contributed by atoms with Crippen molar-refractivity contribution in [1.82, 2.24) is 5.43 Å². The van der Waals surface area contributed by atoms with Crippen LogP contribution in [0, 0.1) is 5.82 Å². The summed E-state index contributed by atoms with van der Waals surface area (Å²) >= 11 is 17.9.